The van der Waals surface area contributed by atoms with Crippen molar-refractivity contribution in [1.82, 2.24) is 11.1 Å². The Morgan fingerprint density at radius 1 is 0.941 bits per heavy atom. The summed E-state index contributed by atoms with van der Waals surface area (Å²) in [6.45, 7) is 7.50. The summed E-state index contributed by atoms with van der Waals surface area (Å²) in [4.78, 5) is 2.51. The standard InChI is InChI=1S/C11H20I3N3/c1-15-4-5-17(14)7-9(6-15)10-8-16(13)3-2-11(10)12/h9-11H,2-8H2,1H3. The van der Waals surface area contributed by atoms with Gasteiger partial charge in [-0.25, -0.2) is 6.23 Å². The molecule has 0 amide bonds. The summed E-state index contributed by atoms with van der Waals surface area (Å²) >= 11 is 7.69. The van der Waals surface area contributed by atoms with Crippen LogP contribution in [0.5, 0.6) is 0 Å². The molecule has 3 nitrogen and oxygen atoms in total. The molecular weight excluding hydrogens is 555 g/mol. The second kappa shape index (κ2) is 7.19. The van der Waals surface area contributed by atoms with Crippen LogP contribution in [-0.4, -0.2) is 61.4 Å². The molecule has 3 atom stereocenters. The van der Waals surface area contributed by atoms with Gasteiger partial charge in [0.1, 0.15) is 0 Å². The van der Waals surface area contributed by atoms with Gasteiger partial charge >= 0.3 is 0 Å². The molecule has 2 aliphatic rings. The van der Waals surface area contributed by atoms with Crippen molar-refractivity contribution in [1.29, 1.82) is 0 Å². The van der Waals surface area contributed by atoms with E-state index in [1.54, 1.807) is 0 Å². The summed E-state index contributed by atoms with van der Waals surface area (Å²) in [6.07, 6.45) is 1.36. The summed E-state index contributed by atoms with van der Waals surface area (Å²) in [5, 5.41) is 0. The minimum Gasteiger partial charge on any atom is -0.305 e. The third-order valence-electron chi connectivity index (χ3n) is 3.83. The molecule has 6 heteroatoms. The van der Waals surface area contributed by atoms with Crippen LogP contribution in [0.25, 0.3) is 0 Å². The van der Waals surface area contributed by atoms with Crippen LogP contribution in [0.3, 0.4) is 0 Å². The quantitative estimate of drug-likeness (QED) is 0.271. The van der Waals surface area contributed by atoms with Crippen LogP contribution >= 0.6 is 68.3 Å². The zero-order valence-corrected chi connectivity index (χ0v) is 16.6. The van der Waals surface area contributed by atoms with E-state index in [0.29, 0.717) is 0 Å². The van der Waals surface area contributed by atoms with E-state index in [-0.39, 0.29) is 0 Å². The molecule has 2 heterocycles. The highest BCUT2D eigenvalue weighted by Gasteiger charge is 2.35. The third-order valence-corrected chi connectivity index (χ3v) is 7.13. The van der Waals surface area contributed by atoms with Crippen molar-refractivity contribution < 1.29 is 0 Å². The van der Waals surface area contributed by atoms with E-state index in [1.807, 2.05) is 0 Å². The largest absolute Gasteiger partial charge is 0.305 e. The van der Waals surface area contributed by atoms with Gasteiger partial charge < -0.3 is 4.90 Å². The van der Waals surface area contributed by atoms with Crippen molar-refractivity contribution in [2.24, 2.45) is 11.8 Å². The number of hydrogen-bond acceptors (Lipinski definition) is 3. The maximum atomic E-state index is 2.69. The highest BCUT2D eigenvalue weighted by Crippen LogP contribution is 2.33. The molecule has 0 N–H and O–H groups in total. The Hall–Kier alpha value is 2.07. The molecule has 2 fully saturated rings. The van der Waals surface area contributed by atoms with E-state index in [4.69, 9.17) is 0 Å². The fourth-order valence-electron chi connectivity index (χ4n) is 2.80. The number of hydrogen-bond donors (Lipinski definition) is 0. The van der Waals surface area contributed by atoms with Crippen molar-refractivity contribution in [2.75, 3.05) is 46.3 Å². The lowest BCUT2D eigenvalue weighted by atomic mass is 9.86. The molecular formula is C11H20I3N3. The second-order valence-electron chi connectivity index (χ2n) is 5.23. The molecule has 0 aromatic carbocycles. The Morgan fingerprint density at radius 2 is 1.65 bits per heavy atom. The summed E-state index contributed by atoms with van der Waals surface area (Å²) in [5.41, 5.74) is 0. The Morgan fingerprint density at radius 3 is 2.41 bits per heavy atom. The van der Waals surface area contributed by atoms with Crippen LogP contribution < -0.4 is 0 Å². The molecule has 2 rings (SSSR count). The molecule has 0 radical (unpaired) electrons. The smallest absolute Gasteiger partial charge is 0.0209 e. The molecule has 0 bridgehead atoms. The van der Waals surface area contributed by atoms with Crippen LogP contribution in [0.1, 0.15) is 6.42 Å². The molecule has 2 aliphatic heterocycles. The average Bonchev–Trinajstić information content (AvgIpc) is 2.44. The summed E-state index contributed by atoms with van der Waals surface area (Å²) < 4.78 is 5.83. The first-order valence-electron chi connectivity index (χ1n) is 6.20. The topological polar surface area (TPSA) is 9.72 Å². The van der Waals surface area contributed by atoms with Gasteiger partial charge in [-0.2, -0.15) is 0 Å². The zero-order chi connectivity index (χ0) is 12.4. The molecule has 0 aliphatic carbocycles. The number of nitrogens with zero attached hydrogens (tertiary/aromatic N) is 3. The van der Waals surface area contributed by atoms with E-state index in [9.17, 15) is 0 Å². The Labute approximate surface area is 146 Å². The van der Waals surface area contributed by atoms with Crippen LogP contribution in [0.15, 0.2) is 0 Å². The van der Waals surface area contributed by atoms with Gasteiger partial charge in [0.05, 0.1) is 0 Å². The van der Waals surface area contributed by atoms with Crippen molar-refractivity contribution >= 4 is 68.3 Å². The van der Waals surface area contributed by atoms with Gasteiger partial charge in [0, 0.05) is 88.9 Å². The highest BCUT2D eigenvalue weighted by atomic mass is 127. The molecule has 0 saturated carbocycles. The van der Waals surface area contributed by atoms with E-state index in [1.165, 1.54) is 45.7 Å². The van der Waals surface area contributed by atoms with Gasteiger partial charge in [-0.1, -0.05) is 22.6 Å². The highest BCUT2D eigenvalue weighted by molar-refractivity contribution is 14.1. The first-order chi connectivity index (χ1) is 8.06. The zero-order valence-electron chi connectivity index (χ0n) is 10.2. The molecule has 17 heavy (non-hydrogen) atoms. The summed E-state index contributed by atoms with van der Waals surface area (Å²) in [5.74, 6) is 1.69. The Bertz CT molecular complexity index is 242. The lowest BCUT2D eigenvalue weighted by Crippen LogP contribution is -2.44. The first kappa shape index (κ1) is 15.5. The van der Waals surface area contributed by atoms with Crippen LogP contribution in [0.2, 0.25) is 0 Å². The Balaban J connectivity index is 2.02. The van der Waals surface area contributed by atoms with E-state index in [2.05, 4.69) is 86.5 Å². The maximum absolute atomic E-state index is 2.69. The van der Waals surface area contributed by atoms with E-state index in [0.717, 1.165) is 15.8 Å². The number of rotatable bonds is 1. The van der Waals surface area contributed by atoms with Gasteiger partial charge in [-0.15, -0.1) is 0 Å². The molecule has 100 valence electrons. The van der Waals surface area contributed by atoms with Gasteiger partial charge in [-0.3, -0.25) is 0 Å². The minimum absolute atomic E-state index is 0.832. The van der Waals surface area contributed by atoms with Crippen molar-refractivity contribution in [3.05, 3.63) is 0 Å². The fourth-order valence-corrected chi connectivity index (χ4v) is 5.35. The predicted octanol–water partition coefficient (Wildman–Crippen LogP) is 2.68. The molecule has 2 saturated heterocycles. The third kappa shape index (κ3) is 4.54. The normalized spacial score (nSPS) is 39.2. The van der Waals surface area contributed by atoms with Crippen molar-refractivity contribution in [3.63, 3.8) is 0 Å². The van der Waals surface area contributed by atoms with Gasteiger partial charge in [0.15, 0.2) is 0 Å². The van der Waals surface area contributed by atoms with Crippen LogP contribution in [0.4, 0.5) is 0 Å². The lowest BCUT2D eigenvalue weighted by Gasteiger charge is -2.38. The van der Waals surface area contributed by atoms with Crippen molar-refractivity contribution in [2.45, 2.75) is 10.3 Å². The number of likely N-dealkylation sites (N-methyl/N-ethyl adjacent to an activating group) is 1. The molecule has 0 aromatic heterocycles. The van der Waals surface area contributed by atoms with Crippen LogP contribution in [0, 0.1) is 11.8 Å². The molecule has 0 spiro atoms. The number of alkyl halides is 1. The second-order valence-corrected chi connectivity index (χ2v) is 9.56. The SMILES string of the molecule is CN1CCN(I)CC(C2CN(I)CCC2I)C1. The van der Waals surface area contributed by atoms with Crippen molar-refractivity contribution in [3.8, 4) is 0 Å². The number of halogens is 3. The maximum Gasteiger partial charge on any atom is 0.0209 e. The first-order valence-corrected chi connectivity index (χ1v) is 9.38. The average molecular weight is 575 g/mol. The Kier molecular flexibility index (Phi) is 6.53. The van der Waals surface area contributed by atoms with Gasteiger partial charge in [0.25, 0.3) is 0 Å². The fraction of sp³-hybridized carbons (Fsp3) is 1.00. The summed E-state index contributed by atoms with van der Waals surface area (Å²) in [7, 11) is 2.27. The van der Waals surface area contributed by atoms with Crippen LogP contribution in [-0.2, 0) is 0 Å². The predicted molar refractivity (Wildman–Crippen MR) is 98.1 cm³/mol. The minimum atomic E-state index is 0.832. The molecule has 0 aromatic rings. The number of piperidine rings is 1. The van der Waals surface area contributed by atoms with Gasteiger partial charge in [0.2, 0.25) is 0 Å². The van der Waals surface area contributed by atoms with E-state index >= 15 is 0 Å². The lowest BCUT2D eigenvalue weighted by molar-refractivity contribution is 0.192. The van der Waals surface area contributed by atoms with E-state index < -0.39 is 0 Å². The monoisotopic (exact) mass is 575 g/mol. The molecule has 3 unspecified atom stereocenters. The van der Waals surface area contributed by atoms with Gasteiger partial charge in [-0.05, 0) is 25.3 Å². The summed E-state index contributed by atoms with van der Waals surface area (Å²) in [6, 6.07) is 0.